The number of aliphatic imine (C=N–C) groups is 1. The second kappa shape index (κ2) is 12.0. The monoisotopic (exact) mass is 509 g/mol. The Morgan fingerprint density at radius 2 is 1.82 bits per heavy atom. The summed E-state index contributed by atoms with van der Waals surface area (Å²) in [4.78, 5) is 21.1. The lowest BCUT2D eigenvalue weighted by Crippen LogP contribution is -2.50. The SMILES string of the molecule is CCCN(CCNC(=NC)NC1CCN(C2CC2)CC1)C(=O)OC(C)(C)C.I. The Labute approximate surface area is 188 Å². The number of amides is 1. The van der Waals surface area contributed by atoms with Crippen molar-refractivity contribution in [2.24, 2.45) is 4.99 Å². The van der Waals surface area contributed by atoms with Crippen LogP contribution in [-0.4, -0.2) is 79.3 Å². The van der Waals surface area contributed by atoms with Gasteiger partial charge in [-0.05, 0) is 52.9 Å². The molecule has 1 aliphatic carbocycles. The molecular formula is C20H40IN5O2. The van der Waals surface area contributed by atoms with Crippen molar-refractivity contribution in [1.82, 2.24) is 20.4 Å². The average Bonchev–Trinajstić information content (AvgIpc) is 3.44. The lowest BCUT2D eigenvalue weighted by Gasteiger charge is -2.33. The summed E-state index contributed by atoms with van der Waals surface area (Å²) < 4.78 is 5.50. The third-order valence-corrected chi connectivity index (χ3v) is 4.98. The largest absolute Gasteiger partial charge is 0.444 e. The van der Waals surface area contributed by atoms with E-state index in [1.165, 1.54) is 25.9 Å². The number of ether oxygens (including phenoxy) is 1. The van der Waals surface area contributed by atoms with Crippen molar-refractivity contribution in [3.05, 3.63) is 0 Å². The van der Waals surface area contributed by atoms with Crippen LogP contribution >= 0.6 is 24.0 Å². The first-order valence-corrected chi connectivity index (χ1v) is 10.5. The summed E-state index contributed by atoms with van der Waals surface area (Å²) in [5.41, 5.74) is -0.469. The number of carbonyl (C=O) groups is 1. The minimum absolute atomic E-state index is 0. The fourth-order valence-electron chi connectivity index (χ4n) is 3.44. The fraction of sp³-hybridized carbons (Fsp3) is 0.900. The Morgan fingerprint density at radius 3 is 2.32 bits per heavy atom. The molecule has 1 saturated carbocycles. The van der Waals surface area contributed by atoms with Gasteiger partial charge in [0.05, 0.1) is 0 Å². The van der Waals surface area contributed by atoms with E-state index in [1.807, 2.05) is 20.8 Å². The van der Waals surface area contributed by atoms with Crippen LogP contribution in [0.2, 0.25) is 0 Å². The first-order valence-electron chi connectivity index (χ1n) is 10.5. The third-order valence-electron chi connectivity index (χ3n) is 4.98. The number of rotatable bonds is 7. The maximum absolute atomic E-state index is 12.3. The maximum atomic E-state index is 12.3. The quantitative estimate of drug-likeness (QED) is 0.314. The van der Waals surface area contributed by atoms with E-state index < -0.39 is 5.60 Å². The van der Waals surface area contributed by atoms with Crippen LogP contribution in [-0.2, 0) is 4.74 Å². The molecule has 164 valence electrons. The van der Waals surface area contributed by atoms with Crippen LogP contribution in [0.3, 0.4) is 0 Å². The molecule has 0 radical (unpaired) electrons. The van der Waals surface area contributed by atoms with E-state index in [9.17, 15) is 4.79 Å². The van der Waals surface area contributed by atoms with E-state index in [4.69, 9.17) is 4.74 Å². The van der Waals surface area contributed by atoms with Crippen molar-refractivity contribution in [3.63, 3.8) is 0 Å². The molecule has 0 bridgehead atoms. The molecule has 0 aromatic heterocycles. The van der Waals surface area contributed by atoms with Gasteiger partial charge < -0.3 is 25.2 Å². The van der Waals surface area contributed by atoms with Crippen molar-refractivity contribution in [3.8, 4) is 0 Å². The Hall–Kier alpha value is -0.770. The molecule has 1 heterocycles. The molecule has 0 atom stereocenters. The van der Waals surface area contributed by atoms with Gasteiger partial charge in [0, 0.05) is 51.9 Å². The Balaban J connectivity index is 0.00000392. The van der Waals surface area contributed by atoms with Gasteiger partial charge in [0.2, 0.25) is 0 Å². The normalized spacial score (nSPS) is 19.0. The molecule has 0 unspecified atom stereocenters. The summed E-state index contributed by atoms with van der Waals surface area (Å²) in [5, 5.41) is 6.88. The molecule has 0 aromatic carbocycles. The smallest absolute Gasteiger partial charge is 0.410 e. The Morgan fingerprint density at radius 1 is 1.18 bits per heavy atom. The lowest BCUT2D eigenvalue weighted by atomic mass is 10.1. The van der Waals surface area contributed by atoms with Crippen LogP contribution in [0.15, 0.2) is 4.99 Å². The van der Waals surface area contributed by atoms with Crippen LogP contribution in [0.1, 0.15) is 59.8 Å². The van der Waals surface area contributed by atoms with Crippen LogP contribution in [0.5, 0.6) is 0 Å². The number of halogens is 1. The zero-order valence-corrected chi connectivity index (χ0v) is 20.6. The molecule has 0 spiro atoms. The summed E-state index contributed by atoms with van der Waals surface area (Å²) in [6, 6.07) is 1.34. The van der Waals surface area contributed by atoms with Gasteiger partial charge in [-0.25, -0.2) is 4.79 Å². The second-order valence-corrected chi connectivity index (χ2v) is 8.65. The van der Waals surface area contributed by atoms with Gasteiger partial charge in [-0.3, -0.25) is 4.99 Å². The van der Waals surface area contributed by atoms with Gasteiger partial charge in [-0.2, -0.15) is 0 Å². The molecule has 8 heteroatoms. The number of piperidine rings is 1. The predicted octanol–water partition coefficient (Wildman–Crippen LogP) is 3.04. The van der Waals surface area contributed by atoms with Crippen molar-refractivity contribution in [1.29, 1.82) is 0 Å². The Kier molecular flexibility index (Phi) is 10.9. The van der Waals surface area contributed by atoms with E-state index in [2.05, 4.69) is 27.4 Å². The first kappa shape index (κ1) is 25.3. The van der Waals surface area contributed by atoms with Crippen LogP contribution in [0.4, 0.5) is 4.79 Å². The Bertz CT molecular complexity index is 497. The maximum Gasteiger partial charge on any atom is 0.410 e. The average molecular weight is 509 g/mol. The molecule has 1 aliphatic heterocycles. The molecule has 1 amide bonds. The zero-order valence-electron chi connectivity index (χ0n) is 18.3. The fourth-order valence-corrected chi connectivity index (χ4v) is 3.44. The molecule has 7 nitrogen and oxygen atoms in total. The highest BCUT2D eigenvalue weighted by Crippen LogP contribution is 2.29. The van der Waals surface area contributed by atoms with Gasteiger partial charge in [0.15, 0.2) is 5.96 Å². The number of carbonyl (C=O) groups excluding carboxylic acids is 1. The molecule has 2 aliphatic rings. The molecule has 0 aromatic rings. The highest BCUT2D eigenvalue weighted by Gasteiger charge is 2.31. The topological polar surface area (TPSA) is 69.2 Å². The van der Waals surface area contributed by atoms with Gasteiger partial charge in [0.25, 0.3) is 0 Å². The molecule has 2 N–H and O–H groups in total. The number of hydrogen-bond donors (Lipinski definition) is 2. The number of likely N-dealkylation sites (tertiary alicyclic amines) is 1. The summed E-state index contributed by atoms with van der Waals surface area (Å²) in [6.07, 6.45) is 5.75. The molecule has 28 heavy (non-hydrogen) atoms. The number of guanidine groups is 1. The van der Waals surface area contributed by atoms with Gasteiger partial charge >= 0.3 is 6.09 Å². The molecule has 1 saturated heterocycles. The van der Waals surface area contributed by atoms with Gasteiger partial charge in [-0.15, -0.1) is 24.0 Å². The van der Waals surface area contributed by atoms with Crippen LogP contribution in [0, 0.1) is 0 Å². The van der Waals surface area contributed by atoms with Crippen molar-refractivity contribution in [2.45, 2.75) is 77.5 Å². The van der Waals surface area contributed by atoms with E-state index in [0.29, 0.717) is 25.7 Å². The van der Waals surface area contributed by atoms with Crippen LogP contribution < -0.4 is 10.6 Å². The minimum Gasteiger partial charge on any atom is -0.444 e. The van der Waals surface area contributed by atoms with E-state index >= 15 is 0 Å². The summed E-state index contributed by atoms with van der Waals surface area (Å²) in [5.74, 6) is 0.820. The highest BCUT2D eigenvalue weighted by molar-refractivity contribution is 14.0. The summed E-state index contributed by atoms with van der Waals surface area (Å²) in [7, 11) is 1.80. The number of nitrogens with one attached hydrogen (secondary N) is 2. The molecule has 2 fully saturated rings. The van der Waals surface area contributed by atoms with Crippen LogP contribution in [0.25, 0.3) is 0 Å². The second-order valence-electron chi connectivity index (χ2n) is 8.65. The highest BCUT2D eigenvalue weighted by atomic mass is 127. The molecule has 2 rings (SSSR count). The van der Waals surface area contributed by atoms with E-state index in [0.717, 1.165) is 31.3 Å². The minimum atomic E-state index is -0.469. The summed E-state index contributed by atoms with van der Waals surface area (Å²) >= 11 is 0. The lowest BCUT2D eigenvalue weighted by molar-refractivity contribution is 0.0253. The zero-order chi connectivity index (χ0) is 19.9. The number of hydrogen-bond acceptors (Lipinski definition) is 4. The number of nitrogens with zero attached hydrogens (tertiary/aromatic N) is 3. The van der Waals surface area contributed by atoms with E-state index in [1.54, 1.807) is 11.9 Å². The van der Waals surface area contributed by atoms with Crippen molar-refractivity contribution >= 4 is 36.0 Å². The van der Waals surface area contributed by atoms with Gasteiger partial charge in [-0.1, -0.05) is 6.92 Å². The third kappa shape index (κ3) is 9.15. The van der Waals surface area contributed by atoms with Gasteiger partial charge in [0.1, 0.15) is 5.60 Å². The standard InChI is InChI=1S/C20H39N5O2.HI/c1-6-12-25(19(26)27-20(2,3)4)15-11-22-18(21-5)23-16-9-13-24(14-10-16)17-7-8-17;/h16-17H,6-15H2,1-5H3,(H2,21,22,23);1H. The van der Waals surface area contributed by atoms with E-state index in [-0.39, 0.29) is 30.1 Å². The first-order chi connectivity index (χ1) is 12.8. The van der Waals surface area contributed by atoms with Crippen molar-refractivity contribution < 1.29 is 9.53 Å². The van der Waals surface area contributed by atoms with Crippen molar-refractivity contribution in [2.75, 3.05) is 39.8 Å². The molecular weight excluding hydrogens is 469 g/mol. The predicted molar refractivity (Wildman–Crippen MR) is 126 cm³/mol. The summed E-state index contributed by atoms with van der Waals surface area (Å²) in [6.45, 7) is 12.1.